The molecule has 158 valence electrons. The summed E-state index contributed by atoms with van der Waals surface area (Å²) < 4.78 is 0. The number of anilines is 2. The van der Waals surface area contributed by atoms with Gasteiger partial charge in [-0.1, -0.05) is 89.0 Å². The van der Waals surface area contributed by atoms with E-state index in [2.05, 4.69) is 60.2 Å². The van der Waals surface area contributed by atoms with Crippen LogP contribution in [0.4, 0.5) is 11.4 Å². The van der Waals surface area contributed by atoms with E-state index in [1.165, 1.54) is 108 Å². The molecule has 0 saturated heterocycles. The van der Waals surface area contributed by atoms with Gasteiger partial charge >= 0.3 is 0 Å². The summed E-state index contributed by atoms with van der Waals surface area (Å²) >= 11 is 0. The topological polar surface area (TPSA) is 6.48 Å². The van der Waals surface area contributed by atoms with Crippen LogP contribution >= 0.6 is 0 Å². The molecule has 2 heteroatoms. The first-order valence-electron chi connectivity index (χ1n) is 12.0. The van der Waals surface area contributed by atoms with E-state index in [-0.39, 0.29) is 0 Å². The van der Waals surface area contributed by atoms with Crippen LogP contribution in [0.1, 0.15) is 96.8 Å². The highest BCUT2D eigenvalue weighted by Gasteiger charge is 2.21. The van der Waals surface area contributed by atoms with E-state index >= 15 is 0 Å². The van der Waals surface area contributed by atoms with E-state index in [4.69, 9.17) is 0 Å². The van der Waals surface area contributed by atoms with Crippen LogP contribution in [-0.2, 0) is 0 Å². The molecule has 1 heterocycles. The highest BCUT2D eigenvalue weighted by molar-refractivity contribution is 5.75. The van der Waals surface area contributed by atoms with Gasteiger partial charge in [0.15, 0.2) is 0 Å². The van der Waals surface area contributed by atoms with Gasteiger partial charge in [-0.15, -0.1) is 0 Å². The van der Waals surface area contributed by atoms with Gasteiger partial charge in [0, 0.05) is 13.6 Å². The molecule has 2 rings (SSSR count). The molecule has 28 heavy (non-hydrogen) atoms. The second-order valence-electron chi connectivity index (χ2n) is 8.53. The highest BCUT2D eigenvalue weighted by atomic mass is 15.4. The largest absolute Gasteiger partial charge is 0.355 e. The van der Waals surface area contributed by atoms with Crippen molar-refractivity contribution < 1.29 is 0 Å². The van der Waals surface area contributed by atoms with Gasteiger partial charge in [-0.2, -0.15) is 0 Å². The standard InChI is InChI=1S/C26H44N2/c1-3-4-5-6-7-8-9-10-11-12-13-14-15-16-17-20-23-28-24-27(2)25-21-18-19-22-26(25)28/h10-11,18-19,21-22H,3-9,12-17,20,23-24H2,1-2H3/b11-10-. The summed E-state index contributed by atoms with van der Waals surface area (Å²) in [6.07, 6.45) is 24.1. The molecule has 0 N–H and O–H groups in total. The predicted octanol–water partition coefficient (Wildman–Crippen LogP) is 7.94. The molecule has 0 unspecified atom stereocenters. The van der Waals surface area contributed by atoms with Gasteiger partial charge in [-0.25, -0.2) is 0 Å². The molecule has 2 nitrogen and oxygen atoms in total. The van der Waals surface area contributed by atoms with Gasteiger partial charge in [0.1, 0.15) is 0 Å². The van der Waals surface area contributed by atoms with Crippen LogP contribution in [0.5, 0.6) is 0 Å². The fourth-order valence-corrected chi connectivity index (χ4v) is 4.20. The van der Waals surface area contributed by atoms with Crippen molar-refractivity contribution in [3.05, 3.63) is 36.4 Å². The Balaban J connectivity index is 1.37. The number of fused-ring (bicyclic) bond motifs is 1. The minimum absolute atomic E-state index is 1.05. The SMILES string of the molecule is CCCCCCCC/C=C\CCCCCCCCN1CN(C)c2ccccc21. The Bertz CT molecular complexity index is 537. The molecule has 0 aromatic heterocycles. The molecule has 1 aliphatic rings. The summed E-state index contributed by atoms with van der Waals surface area (Å²) in [5.74, 6) is 0. The van der Waals surface area contributed by atoms with Crippen molar-refractivity contribution in [2.24, 2.45) is 0 Å². The van der Waals surface area contributed by atoms with Crippen molar-refractivity contribution in [1.29, 1.82) is 0 Å². The third-order valence-electron chi connectivity index (χ3n) is 5.96. The molecule has 0 aliphatic carbocycles. The third-order valence-corrected chi connectivity index (χ3v) is 5.96. The van der Waals surface area contributed by atoms with Crippen LogP contribution < -0.4 is 9.80 Å². The summed E-state index contributed by atoms with van der Waals surface area (Å²) in [7, 11) is 2.20. The van der Waals surface area contributed by atoms with Crippen LogP contribution in [0, 0.1) is 0 Å². The lowest BCUT2D eigenvalue weighted by atomic mass is 10.1. The van der Waals surface area contributed by atoms with Crippen LogP contribution in [0.25, 0.3) is 0 Å². The van der Waals surface area contributed by atoms with Gasteiger partial charge in [0.05, 0.1) is 18.0 Å². The Kier molecular flexibility index (Phi) is 11.9. The summed E-state index contributed by atoms with van der Waals surface area (Å²) in [6, 6.07) is 8.80. The van der Waals surface area contributed by atoms with E-state index in [1.807, 2.05) is 0 Å². The first-order valence-corrected chi connectivity index (χ1v) is 12.0. The van der Waals surface area contributed by atoms with Crippen molar-refractivity contribution in [3.63, 3.8) is 0 Å². The Labute approximate surface area is 175 Å². The number of para-hydroxylation sites is 2. The molecule has 0 fully saturated rings. The number of benzene rings is 1. The Morgan fingerprint density at radius 2 is 1.25 bits per heavy atom. The van der Waals surface area contributed by atoms with Gasteiger partial charge in [0.25, 0.3) is 0 Å². The first kappa shape index (κ1) is 22.8. The van der Waals surface area contributed by atoms with Gasteiger partial charge < -0.3 is 9.80 Å². The molecular weight excluding hydrogens is 340 g/mol. The van der Waals surface area contributed by atoms with Crippen molar-refractivity contribution in [3.8, 4) is 0 Å². The predicted molar refractivity (Wildman–Crippen MR) is 127 cm³/mol. The monoisotopic (exact) mass is 384 g/mol. The fraction of sp³-hybridized carbons (Fsp3) is 0.692. The summed E-state index contributed by atoms with van der Waals surface area (Å²) in [4.78, 5) is 4.89. The van der Waals surface area contributed by atoms with Crippen molar-refractivity contribution in [1.82, 2.24) is 0 Å². The number of hydrogen-bond acceptors (Lipinski definition) is 2. The first-order chi connectivity index (χ1) is 13.8. The lowest BCUT2D eigenvalue weighted by molar-refractivity contribution is 0.591. The lowest BCUT2D eigenvalue weighted by Gasteiger charge is -2.19. The molecule has 0 spiro atoms. The van der Waals surface area contributed by atoms with E-state index in [0.717, 1.165) is 6.67 Å². The second-order valence-corrected chi connectivity index (χ2v) is 8.53. The van der Waals surface area contributed by atoms with Gasteiger partial charge in [-0.3, -0.25) is 0 Å². The second kappa shape index (κ2) is 14.5. The molecular formula is C26H44N2. The third kappa shape index (κ3) is 8.71. The quantitative estimate of drug-likeness (QED) is 0.211. The zero-order chi connectivity index (χ0) is 19.9. The van der Waals surface area contributed by atoms with Crippen molar-refractivity contribution in [2.75, 3.05) is 30.1 Å². The molecule has 0 saturated carbocycles. The maximum absolute atomic E-state index is 2.53. The Morgan fingerprint density at radius 1 is 0.714 bits per heavy atom. The zero-order valence-electron chi connectivity index (χ0n) is 18.7. The minimum atomic E-state index is 1.05. The smallest absolute Gasteiger partial charge is 0.0901 e. The van der Waals surface area contributed by atoms with E-state index < -0.39 is 0 Å². The van der Waals surface area contributed by atoms with Gasteiger partial charge in [-0.05, 0) is 44.2 Å². The number of unbranched alkanes of at least 4 members (excludes halogenated alkanes) is 12. The number of allylic oxidation sites excluding steroid dienone is 2. The van der Waals surface area contributed by atoms with Gasteiger partial charge in [0.2, 0.25) is 0 Å². The molecule has 0 bridgehead atoms. The summed E-state index contributed by atoms with van der Waals surface area (Å²) in [5, 5.41) is 0. The van der Waals surface area contributed by atoms with Crippen molar-refractivity contribution in [2.45, 2.75) is 96.8 Å². The molecule has 0 atom stereocenters. The number of rotatable bonds is 16. The van der Waals surface area contributed by atoms with Crippen LogP contribution in [-0.4, -0.2) is 20.3 Å². The minimum Gasteiger partial charge on any atom is -0.355 e. The normalized spacial score (nSPS) is 13.6. The molecule has 1 aromatic rings. The molecule has 0 radical (unpaired) electrons. The highest BCUT2D eigenvalue weighted by Crippen LogP contribution is 2.34. The Hall–Kier alpha value is -1.44. The van der Waals surface area contributed by atoms with Crippen molar-refractivity contribution >= 4 is 11.4 Å². The average Bonchev–Trinajstić information content (AvgIpc) is 3.04. The maximum Gasteiger partial charge on any atom is 0.0901 e. The van der Waals surface area contributed by atoms with Crippen LogP contribution in [0.3, 0.4) is 0 Å². The Morgan fingerprint density at radius 3 is 1.89 bits per heavy atom. The van der Waals surface area contributed by atoms with Crippen LogP contribution in [0.2, 0.25) is 0 Å². The molecule has 0 amide bonds. The average molecular weight is 385 g/mol. The number of nitrogens with zero attached hydrogens (tertiary/aromatic N) is 2. The van der Waals surface area contributed by atoms with E-state index in [9.17, 15) is 0 Å². The van der Waals surface area contributed by atoms with Crippen LogP contribution in [0.15, 0.2) is 36.4 Å². The van der Waals surface area contributed by atoms with E-state index in [1.54, 1.807) is 0 Å². The molecule has 1 aromatic carbocycles. The van der Waals surface area contributed by atoms with E-state index in [0.29, 0.717) is 0 Å². The fourth-order valence-electron chi connectivity index (χ4n) is 4.20. The lowest BCUT2D eigenvalue weighted by Crippen LogP contribution is -2.28. The summed E-state index contributed by atoms with van der Waals surface area (Å²) in [5.41, 5.74) is 2.80. The zero-order valence-corrected chi connectivity index (χ0v) is 18.7. The number of hydrogen-bond donors (Lipinski definition) is 0. The molecule has 1 aliphatic heterocycles. The maximum atomic E-state index is 2.53. The summed E-state index contributed by atoms with van der Waals surface area (Å²) in [6.45, 7) is 4.53.